The van der Waals surface area contributed by atoms with Crippen molar-refractivity contribution in [2.75, 3.05) is 18.8 Å². The van der Waals surface area contributed by atoms with E-state index in [0.717, 1.165) is 6.54 Å². The molecule has 0 saturated heterocycles. The van der Waals surface area contributed by atoms with Crippen LogP contribution in [0.1, 0.15) is 6.92 Å². The van der Waals surface area contributed by atoms with E-state index in [9.17, 15) is 8.76 Å². The van der Waals surface area contributed by atoms with E-state index in [1.807, 2.05) is 6.92 Å². The molecular weight excluding hydrogens is 126 g/mol. The zero-order chi connectivity index (χ0) is 6.41. The highest BCUT2D eigenvalue weighted by atomic mass is 32.2. The highest BCUT2D eigenvalue weighted by molar-refractivity contribution is 7.79. The Morgan fingerprint density at radius 2 is 2.38 bits per heavy atom. The van der Waals surface area contributed by atoms with Crippen LogP contribution in [0.15, 0.2) is 0 Å². The van der Waals surface area contributed by atoms with Gasteiger partial charge in [0.1, 0.15) is 0 Å². The molecule has 50 valence electrons. The van der Waals surface area contributed by atoms with Gasteiger partial charge in [-0.2, -0.15) is 0 Å². The van der Waals surface area contributed by atoms with Crippen LogP contribution in [0.5, 0.6) is 0 Å². The minimum Gasteiger partial charge on any atom is -0.772 e. The van der Waals surface area contributed by atoms with Crippen LogP contribution >= 0.6 is 0 Å². The second kappa shape index (κ2) is 5.21. The molecule has 0 heterocycles. The van der Waals surface area contributed by atoms with E-state index in [-0.39, 0.29) is 5.75 Å². The number of hydrogen-bond acceptors (Lipinski definition) is 3. The highest BCUT2D eigenvalue weighted by Gasteiger charge is 1.80. The van der Waals surface area contributed by atoms with Gasteiger partial charge in [0.2, 0.25) is 0 Å². The maximum absolute atomic E-state index is 9.83. The zero-order valence-corrected chi connectivity index (χ0v) is 5.66. The van der Waals surface area contributed by atoms with E-state index < -0.39 is 11.1 Å². The molecule has 8 heavy (non-hydrogen) atoms. The van der Waals surface area contributed by atoms with Crippen LogP contribution in [0, 0.1) is 0 Å². The molecule has 3 nitrogen and oxygen atoms in total. The van der Waals surface area contributed by atoms with Crippen LogP contribution in [0.3, 0.4) is 0 Å². The van der Waals surface area contributed by atoms with Crippen molar-refractivity contribution in [3.63, 3.8) is 0 Å². The number of hydrogen-bond donors (Lipinski definition) is 1. The minimum atomic E-state index is -1.88. The van der Waals surface area contributed by atoms with Crippen molar-refractivity contribution in [2.45, 2.75) is 6.92 Å². The quantitative estimate of drug-likeness (QED) is 0.418. The minimum absolute atomic E-state index is 0.216. The molecule has 1 atom stereocenters. The zero-order valence-electron chi connectivity index (χ0n) is 4.85. The molecule has 0 spiro atoms. The molecule has 0 aliphatic carbocycles. The van der Waals surface area contributed by atoms with Crippen molar-refractivity contribution in [3.8, 4) is 0 Å². The summed E-state index contributed by atoms with van der Waals surface area (Å²) in [7, 11) is 0. The molecule has 0 aromatic heterocycles. The lowest BCUT2D eigenvalue weighted by atomic mass is 10.7. The third kappa shape index (κ3) is 6.07. The van der Waals surface area contributed by atoms with Gasteiger partial charge in [0.05, 0.1) is 0 Å². The van der Waals surface area contributed by atoms with Crippen molar-refractivity contribution < 1.29 is 8.76 Å². The summed E-state index contributed by atoms with van der Waals surface area (Å²) in [5.74, 6) is 0.216. The van der Waals surface area contributed by atoms with Gasteiger partial charge in [-0.15, -0.1) is 0 Å². The second-order valence-electron chi connectivity index (χ2n) is 1.36. The third-order valence-electron chi connectivity index (χ3n) is 0.696. The average Bonchev–Trinajstić information content (AvgIpc) is 1.66. The van der Waals surface area contributed by atoms with Gasteiger partial charge in [-0.3, -0.25) is 4.21 Å². The number of rotatable bonds is 4. The highest BCUT2D eigenvalue weighted by Crippen LogP contribution is 1.68. The van der Waals surface area contributed by atoms with Gasteiger partial charge in [-0.05, 0) is 6.54 Å². The molecule has 4 heteroatoms. The van der Waals surface area contributed by atoms with E-state index in [0.29, 0.717) is 6.54 Å². The standard InChI is InChI=1S/C4H11NO2S/c1-2-5-3-4-8(6)7/h5H,2-4H2,1H3,(H,6,7)/p-1. The average molecular weight is 136 g/mol. The fourth-order valence-corrected chi connectivity index (χ4v) is 0.643. The summed E-state index contributed by atoms with van der Waals surface area (Å²) in [6.07, 6.45) is 0. The van der Waals surface area contributed by atoms with Crippen LogP contribution in [0.25, 0.3) is 0 Å². The Kier molecular flexibility index (Phi) is 5.26. The van der Waals surface area contributed by atoms with Gasteiger partial charge in [0.15, 0.2) is 0 Å². The Bertz CT molecular complexity index is 76.4. The predicted molar refractivity (Wildman–Crippen MR) is 32.3 cm³/mol. The largest absolute Gasteiger partial charge is 0.772 e. The van der Waals surface area contributed by atoms with E-state index in [2.05, 4.69) is 5.32 Å². The fourth-order valence-electron chi connectivity index (χ4n) is 0.332. The Balaban J connectivity index is 2.82. The van der Waals surface area contributed by atoms with E-state index in [1.165, 1.54) is 0 Å². The Hall–Kier alpha value is 0.0700. The molecule has 0 saturated carbocycles. The molecule has 1 unspecified atom stereocenters. The molecule has 0 aromatic rings. The Morgan fingerprint density at radius 3 is 2.75 bits per heavy atom. The summed E-state index contributed by atoms with van der Waals surface area (Å²) in [4.78, 5) is 0. The van der Waals surface area contributed by atoms with Crippen LogP contribution in [0.2, 0.25) is 0 Å². The lowest BCUT2D eigenvalue weighted by molar-refractivity contribution is 0.534. The first-order chi connectivity index (χ1) is 3.77. The summed E-state index contributed by atoms with van der Waals surface area (Å²) in [6.45, 7) is 3.33. The molecule has 1 N–H and O–H groups in total. The Morgan fingerprint density at radius 1 is 1.75 bits per heavy atom. The lowest BCUT2D eigenvalue weighted by Gasteiger charge is -2.03. The first kappa shape index (κ1) is 8.07. The summed E-state index contributed by atoms with van der Waals surface area (Å²) in [5.41, 5.74) is 0. The molecule has 0 bridgehead atoms. The van der Waals surface area contributed by atoms with Crippen molar-refractivity contribution >= 4 is 11.1 Å². The maximum atomic E-state index is 9.83. The van der Waals surface area contributed by atoms with E-state index >= 15 is 0 Å². The SMILES string of the molecule is CCNCCS(=O)[O-]. The fraction of sp³-hybridized carbons (Fsp3) is 1.00. The van der Waals surface area contributed by atoms with E-state index in [4.69, 9.17) is 0 Å². The molecule has 0 aromatic carbocycles. The van der Waals surface area contributed by atoms with Crippen molar-refractivity contribution in [2.24, 2.45) is 0 Å². The topological polar surface area (TPSA) is 52.2 Å². The summed E-state index contributed by atoms with van der Waals surface area (Å²) < 4.78 is 19.7. The van der Waals surface area contributed by atoms with Crippen LogP contribution in [0.4, 0.5) is 0 Å². The normalized spacial score (nSPS) is 13.8. The first-order valence-electron chi connectivity index (χ1n) is 2.54. The summed E-state index contributed by atoms with van der Waals surface area (Å²) in [6, 6.07) is 0. The van der Waals surface area contributed by atoms with Gasteiger partial charge in [-0.1, -0.05) is 18.0 Å². The molecule has 0 fully saturated rings. The van der Waals surface area contributed by atoms with Crippen molar-refractivity contribution in [3.05, 3.63) is 0 Å². The van der Waals surface area contributed by atoms with E-state index in [1.54, 1.807) is 0 Å². The first-order valence-corrected chi connectivity index (χ1v) is 3.78. The monoisotopic (exact) mass is 136 g/mol. The molecule has 0 radical (unpaired) electrons. The van der Waals surface area contributed by atoms with Crippen molar-refractivity contribution in [1.29, 1.82) is 0 Å². The number of nitrogens with one attached hydrogen (secondary N) is 1. The predicted octanol–water partition coefficient (Wildman–Crippen LogP) is -0.525. The third-order valence-corrected chi connectivity index (χ3v) is 1.23. The molecular formula is C4H10NO2S-. The Labute approximate surface area is 51.8 Å². The summed E-state index contributed by atoms with van der Waals surface area (Å²) in [5, 5.41) is 2.89. The molecule has 0 aliphatic rings. The van der Waals surface area contributed by atoms with Gasteiger partial charge < -0.3 is 9.87 Å². The van der Waals surface area contributed by atoms with Crippen LogP contribution in [-0.2, 0) is 11.1 Å². The van der Waals surface area contributed by atoms with Gasteiger partial charge in [0, 0.05) is 12.3 Å². The molecule has 0 rings (SSSR count). The van der Waals surface area contributed by atoms with Crippen molar-refractivity contribution in [1.82, 2.24) is 5.32 Å². The molecule has 0 aliphatic heterocycles. The van der Waals surface area contributed by atoms with Gasteiger partial charge >= 0.3 is 0 Å². The van der Waals surface area contributed by atoms with Crippen LogP contribution < -0.4 is 5.32 Å². The second-order valence-corrected chi connectivity index (χ2v) is 2.38. The smallest absolute Gasteiger partial charge is 0.0227 e. The van der Waals surface area contributed by atoms with Crippen LogP contribution in [-0.4, -0.2) is 27.6 Å². The summed E-state index contributed by atoms with van der Waals surface area (Å²) >= 11 is -1.88. The van der Waals surface area contributed by atoms with Gasteiger partial charge in [0.25, 0.3) is 0 Å². The van der Waals surface area contributed by atoms with Gasteiger partial charge in [-0.25, -0.2) is 0 Å². The molecule has 0 amide bonds. The lowest BCUT2D eigenvalue weighted by Crippen LogP contribution is -2.19. The maximum Gasteiger partial charge on any atom is 0.0227 e.